The summed E-state index contributed by atoms with van der Waals surface area (Å²) in [6, 6.07) is 10.6. The van der Waals surface area contributed by atoms with Crippen LogP contribution in [0.25, 0.3) is 0 Å². The van der Waals surface area contributed by atoms with E-state index in [0.717, 1.165) is 34.4 Å². The number of aryl methyl sites for hydroxylation is 3. The fourth-order valence-corrected chi connectivity index (χ4v) is 4.90. The molecular formula is C21H26N2O3S. The Morgan fingerprint density at radius 1 is 1.04 bits per heavy atom. The second-order valence-electron chi connectivity index (χ2n) is 7.30. The van der Waals surface area contributed by atoms with E-state index in [1.54, 1.807) is 23.1 Å². The van der Waals surface area contributed by atoms with Crippen molar-refractivity contribution in [3.63, 3.8) is 0 Å². The predicted octanol–water partition coefficient (Wildman–Crippen LogP) is 3.78. The highest BCUT2D eigenvalue weighted by atomic mass is 32.2. The highest BCUT2D eigenvalue weighted by molar-refractivity contribution is 7.89. The third-order valence-corrected chi connectivity index (χ3v) is 6.61. The minimum Gasteiger partial charge on any atom is -0.312 e. The van der Waals surface area contributed by atoms with E-state index >= 15 is 0 Å². The van der Waals surface area contributed by atoms with Crippen LogP contribution in [-0.4, -0.2) is 20.9 Å². The van der Waals surface area contributed by atoms with Crippen molar-refractivity contribution < 1.29 is 13.2 Å². The number of nitrogens with one attached hydrogen (secondary N) is 1. The van der Waals surface area contributed by atoms with Gasteiger partial charge in [-0.2, -0.15) is 0 Å². The number of carbonyl (C=O) groups is 1. The monoisotopic (exact) mass is 386 g/mol. The molecule has 1 aliphatic heterocycles. The molecule has 1 aliphatic rings. The van der Waals surface area contributed by atoms with Crippen LogP contribution in [0.4, 0.5) is 5.69 Å². The van der Waals surface area contributed by atoms with E-state index in [9.17, 15) is 13.2 Å². The van der Waals surface area contributed by atoms with Crippen molar-refractivity contribution >= 4 is 21.6 Å². The smallest absolute Gasteiger partial charge is 0.241 e. The Morgan fingerprint density at radius 2 is 1.78 bits per heavy atom. The van der Waals surface area contributed by atoms with Gasteiger partial charge < -0.3 is 4.90 Å². The minimum absolute atomic E-state index is 0.0929. The summed E-state index contributed by atoms with van der Waals surface area (Å²) in [6.45, 7) is 8.35. The Labute approximate surface area is 161 Å². The number of anilines is 1. The summed E-state index contributed by atoms with van der Waals surface area (Å²) < 4.78 is 28.5. The second-order valence-corrected chi connectivity index (χ2v) is 9.01. The van der Waals surface area contributed by atoms with Crippen molar-refractivity contribution in [3.05, 3.63) is 58.7 Å². The van der Waals surface area contributed by atoms with Crippen LogP contribution in [0, 0.1) is 20.8 Å². The van der Waals surface area contributed by atoms with Crippen molar-refractivity contribution in [1.29, 1.82) is 0 Å². The molecular weight excluding hydrogens is 360 g/mol. The number of benzene rings is 2. The van der Waals surface area contributed by atoms with E-state index in [1.165, 1.54) is 0 Å². The number of nitrogens with zero attached hydrogens (tertiary/aromatic N) is 1. The van der Waals surface area contributed by atoms with E-state index in [2.05, 4.69) is 4.72 Å². The molecule has 2 aromatic rings. The summed E-state index contributed by atoms with van der Waals surface area (Å²) in [7, 11) is -3.67. The van der Waals surface area contributed by atoms with Crippen LogP contribution in [0.15, 0.2) is 41.3 Å². The van der Waals surface area contributed by atoms with Crippen molar-refractivity contribution in [1.82, 2.24) is 4.72 Å². The van der Waals surface area contributed by atoms with Gasteiger partial charge in [-0.15, -0.1) is 0 Å². The van der Waals surface area contributed by atoms with Crippen LogP contribution in [0.1, 0.15) is 48.1 Å². The normalized spacial score (nSPS) is 16.0. The van der Waals surface area contributed by atoms with Crippen molar-refractivity contribution in [2.75, 3.05) is 11.4 Å². The van der Waals surface area contributed by atoms with Gasteiger partial charge in [0.05, 0.1) is 4.90 Å². The van der Waals surface area contributed by atoms with Crippen LogP contribution >= 0.6 is 0 Å². The van der Waals surface area contributed by atoms with Crippen molar-refractivity contribution in [2.45, 2.75) is 51.5 Å². The molecule has 1 saturated heterocycles. The number of hydrogen-bond acceptors (Lipinski definition) is 3. The molecule has 27 heavy (non-hydrogen) atoms. The van der Waals surface area contributed by atoms with Crippen LogP contribution in [0.5, 0.6) is 0 Å². The molecule has 1 N–H and O–H groups in total. The fourth-order valence-electron chi connectivity index (χ4n) is 3.59. The van der Waals surface area contributed by atoms with Crippen LogP contribution < -0.4 is 9.62 Å². The molecule has 5 nitrogen and oxygen atoms in total. The zero-order chi connectivity index (χ0) is 19.8. The first-order valence-electron chi connectivity index (χ1n) is 9.19. The Kier molecular flexibility index (Phi) is 5.40. The van der Waals surface area contributed by atoms with Crippen molar-refractivity contribution in [3.8, 4) is 0 Å². The van der Waals surface area contributed by atoms with Crippen LogP contribution in [0.2, 0.25) is 0 Å². The zero-order valence-electron chi connectivity index (χ0n) is 16.2. The third kappa shape index (κ3) is 4.06. The molecule has 0 radical (unpaired) electrons. The van der Waals surface area contributed by atoms with E-state index in [4.69, 9.17) is 0 Å². The molecule has 0 saturated carbocycles. The summed E-state index contributed by atoms with van der Waals surface area (Å²) in [5, 5.41) is 0. The average molecular weight is 387 g/mol. The van der Waals surface area contributed by atoms with E-state index in [1.807, 2.05) is 45.9 Å². The maximum absolute atomic E-state index is 12.9. The van der Waals surface area contributed by atoms with Gasteiger partial charge in [0.2, 0.25) is 15.9 Å². The molecule has 1 fully saturated rings. The van der Waals surface area contributed by atoms with Gasteiger partial charge in [0.15, 0.2) is 0 Å². The second kappa shape index (κ2) is 7.44. The number of rotatable bonds is 5. The number of hydrogen-bond donors (Lipinski definition) is 1. The molecule has 0 bridgehead atoms. The van der Waals surface area contributed by atoms with E-state index in [0.29, 0.717) is 13.0 Å². The highest BCUT2D eigenvalue weighted by Crippen LogP contribution is 2.28. The van der Waals surface area contributed by atoms with E-state index < -0.39 is 10.0 Å². The van der Waals surface area contributed by atoms with Crippen LogP contribution in [-0.2, 0) is 14.8 Å². The predicted molar refractivity (Wildman–Crippen MR) is 107 cm³/mol. The summed E-state index contributed by atoms with van der Waals surface area (Å²) >= 11 is 0. The van der Waals surface area contributed by atoms with Crippen LogP contribution in [0.3, 0.4) is 0 Å². The molecule has 3 rings (SSSR count). The van der Waals surface area contributed by atoms with Gasteiger partial charge >= 0.3 is 0 Å². The Morgan fingerprint density at radius 3 is 2.41 bits per heavy atom. The molecule has 0 unspecified atom stereocenters. The minimum atomic E-state index is -3.67. The lowest BCUT2D eigenvalue weighted by Gasteiger charge is -2.20. The lowest BCUT2D eigenvalue weighted by molar-refractivity contribution is -0.117. The molecule has 1 amide bonds. The quantitative estimate of drug-likeness (QED) is 0.850. The summed E-state index contributed by atoms with van der Waals surface area (Å²) in [5.74, 6) is 0.0929. The maximum atomic E-state index is 12.9. The Hall–Kier alpha value is -2.18. The standard InChI is InChI=1S/C21H26N2O3S/c1-14-7-8-15(2)19(12-14)17(4)22-27(25,26)18-9-10-20(16(3)13-18)23-11-5-6-21(23)24/h7-10,12-13,17,22H,5-6,11H2,1-4H3/t17-/m0/s1. The van der Waals surface area contributed by atoms with Gasteiger partial charge in [0, 0.05) is 24.7 Å². The first kappa shape index (κ1) is 19.6. The molecule has 0 spiro atoms. The van der Waals surface area contributed by atoms with Gasteiger partial charge in [-0.25, -0.2) is 13.1 Å². The largest absolute Gasteiger partial charge is 0.312 e. The zero-order valence-corrected chi connectivity index (χ0v) is 17.1. The number of carbonyl (C=O) groups excluding carboxylic acids is 1. The maximum Gasteiger partial charge on any atom is 0.241 e. The first-order chi connectivity index (χ1) is 12.7. The van der Waals surface area contributed by atoms with Crippen molar-refractivity contribution in [2.24, 2.45) is 0 Å². The molecule has 6 heteroatoms. The molecule has 0 aliphatic carbocycles. The first-order valence-corrected chi connectivity index (χ1v) is 10.7. The average Bonchev–Trinajstić information content (AvgIpc) is 3.02. The number of sulfonamides is 1. The van der Waals surface area contributed by atoms with Gasteiger partial charge in [-0.3, -0.25) is 4.79 Å². The molecule has 0 aromatic heterocycles. The fraction of sp³-hybridized carbons (Fsp3) is 0.381. The summed E-state index contributed by atoms with van der Waals surface area (Å²) in [4.78, 5) is 13.9. The van der Waals surface area contributed by atoms with Gasteiger partial charge in [-0.05, 0) is 69.0 Å². The van der Waals surface area contributed by atoms with E-state index in [-0.39, 0.29) is 16.8 Å². The molecule has 144 valence electrons. The Balaban J connectivity index is 1.85. The summed E-state index contributed by atoms with van der Waals surface area (Å²) in [5.41, 5.74) is 4.69. The molecule has 1 atom stereocenters. The summed E-state index contributed by atoms with van der Waals surface area (Å²) in [6.07, 6.45) is 1.39. The topological polar surface area (TPSA) is 66.5 Å². The highest BCUT2D eigenvalue weighted by Gasteiger charge is 2.25. The third-order valence-electron chi connectivity index (χ3n) is 5.08. The van der Waals surface area contributed by atoms with Gasteiger partial charge in [-0.1, -0.05) is 23.8 Å². The van der Waals surface area contributed by atoms with Gasteiger partial charge in [0.25, 0.3) is 0 Å². The molecule has 2 aromatic carbocycles. The Bertz CT molecular complexity index is 983. The number of amides is 1. The lowest BCUT2D eigenvalue weighted by Crippen LogP contribution is -2.28. The van der Waals surface area contributed by atoms with Gasteiger partial charge in [0.1, 0.15) is 0 Å². The SMILES string of the molecule is Cc1ccc(C)c([C@H](C)NS(=O)(=O)c2ccc(N3CCCC3=O)c(C)c2)c1. The molecule has 1 heterocycles. The lowest BCUT2D eigenvalue weighted by atomic mass is 10.0.